The molecular formula is C72H84N4O7. The largest absolute Gasteiger partial charge is 0.504 e. The second-order valence-electron chi connectivity index (χ2n) is 25.0. The van der Waals surface area contributed by atoms with E-state index in [-0.39, 0.29) is 48.0 Å². The summed E-state index contributed by atoms with van der Waals surface area (Å²) in [5, 5.41) is 61.8. The van der Waals surface area contributed by atoms with E-state index in [1.165, 1.54) is 12.7 Å². The van der Waals surface area contributed by atoms with E-state index in [1.807, 2.05) is 36.4 Å². The Hall–Kier alpha value is -6.94. The van der Waals surface area contributed by atoms with Gasteiger partial charge in [-0.2, -0.15) is 0 Å². The summed E-state index contributed by atoms with van der Waals surface area (Å²) in [7, 11) is 1.49. The minimum absolute atomic E-state index is 0.00679. The van der Waals surface area contributed by atoms with Crippen molar-refractivity contribution in [3.63, 3.8) is 0 Å². The molecule has 10 unspecified atom stereocenters. The van der Waals surface area contributed by atoms with Crippen LogP contribution in [0.5, 0.6) is 11.5 Å². The molecule has 5 aromatic carbocycles. The van der Waals surface area contributed by atoms with Crippen LogP contribution in [0.15, 0.2) is 139 Å². The van der Waals surface area contributed by atoms with Crippen molar-refractivity contribution in [2.24, 2.45) is 29.6 Å². The Morgan fingerprint density at radius 2 is 1.59 bits per heavy atom. The summed E-state index contributed by atoms with van der Waals surface area (Å²) in [6.07, 6.45) is 13.5. The van der Waals surface area contributed by atoms with Crippen LogP contribution in [0.25, 0.3) is 10.8 Å². The van der Waals surface area contributed by atoms with Crippen molar-refractivity contribution in [1.82, 2.24) is 15.6 Å². The van der Waals surface area contributed by atoms with Crippen LogP contribution in [0.3, 0.4) is 0 Å². The fourth-order valence-corrected chi connectivity index (χ4v) is 14.9. The fourth-order valence-electron chi connectivity index (χ4n) is 14.9. The van der Waals surface area contributed by atoms with Crippen LogP contribution in [0, 0.1) is 41.4 Å². The summed E-state index contributed by atoms with van der Waals surface area (Å²) in [4.78, 5) is 33.5. The molecule has 0 saturated heterocycles. The van der Waals surface area contributed by atoms with Crippen LogP contribution in [0.1, 0.15) is 147 Å². The van der Waals surface area contributed by atoms with Gasteiger partial charge in [0.2, 0.25) is 0 Å². The van der Waals surface area contributed by atoms with E-state index in [9.17, 15) is 25.2 Å². The number of dihydropyridines is 1. The maximum Gasteiger partial charge on any atom is 0.173 e. The van der Waals surface area contributed by atoms with Gasteiger partial charge in [-0.25, -0.2) is 0 Å². The second kappa shape index (κ2) is 25.9. The number of H-pyrrole nitrogens is 1. The standard InChI is InChI=1S/C72H84N4O7/c1-4-14-60-55-33-49(32-52-21-23-59(50-17-10-6-11-18-50)61-41-65(79)66(83-3)39-53(61)22-24-64(78)70(81)69(80)62(52)37-55)29-48-25-28-74-68(35-48)76-63-38-54-31-47(19-20-51(54)36-56(63)30-46-15-8-5-9-16-46)34-58(77)44-73-42-45(2)57-40-67(75-43-57)72(71(60)82)26-12-7-13-27-72/h5-6,8-11,15-20,25,31,35-36,38-41,43,45,49,52,55,58-60,62,70-71,73-77,79,81-82H,4,7,12-14,22,24,26-30,32-34,37,42,44H2,1-3H3. The number of allylic oxidation sites excluding steroid dienone is 2. The molecule has 1 aromatic heterocycles. The Morgan fingerprint density at radius 1 is 0.795 bits per heavy atom. The zero-order valence-corrected chi connectivity index (χ0v) is 48.6. The number of aliphatic hydroxyl groups is 3. The van der Waals surface area contributed by atoms with Gasteiger partial charge in [-0.3, -0.25) is 9.59 Å². The summed E-state index contributed by atoms with van der Waals surface area (Å²) in [5.41, 5.74) is 9.68. The predicted molar refractivity (Wildman–Crippen MR) is 329 cm³/mol. The molecule has 10 atom stereocenters. The van der Waals surface area contributed by atoms with Gasteiger partial charge < -0.3 is 46.1 Å². The number of phenolic OH excluding ortho intramolecular Hbond substituents is 1. The van der Waals surface area contributed by atoms with E-state index in [2.05, 4.69) is 126 Å². The van der Waals surface area contributed by atoms with Crippen molar-refractivity contribution in [3.05, 3.63) is 184 Å². The number of aliphatic hydroxyl groups excluding tert-OH is 3. The van der Waals surface area contributed by atoms with Gasteiger partial charge in [-0.15, -0.1) is 0 Å². The SMILES string of the molecule is CCCC1C2CC(CC3=CCNC(=C3)Nc3cc4cc(ccc4cc3Cc3ccccc3)CC(O)CNCC(C)c3c[nH]c(c3)C3(CCCCC3)C1O)CC1C#CC(c3ccccc3)c3cc(O)c(OC)cc3CCC(=O)C(O)C(=O)C1C2. The number of rotatable bonds is 6. The number of fused-ring (bicyclic) bond motifs is 10. The summed E-state index contributed by atoms with van der Waals surface area (Å²) in [6, 6.07) is 37.3. The molecule has 0 radical (unpaired) electrons. The van der Waals surface area contributed by atoms with Crippen LogP contribution >= 0.6 is 0 Å². The van der Waals surface area contributed by atoms with Crippen LogP contribution in [0.2, 0.25) is 0 Å². The number of Topliss-reactive ketones (excluding diaryl/α,β-unsaturated/α-hetero) is 2. The Balaban J connectivity index is 1.04. The maximum absolute atomic E-state index is 15.4. The molecule has 11 nitrogen and oxygen atoms in total. The molecule has 5 aliphatic rings. The summed E-state index contributed by atoms with van der Waals surface area (Å²) in [6.45, 7) is 6.13. The van der Waals surface area contributed by atoms with Crippen LogP contribution in [-0.4, -0.2) is 82.0 Å². The number of ketones is 2. The normalized spacial score (nSPS) is 27.1. The lowest BCUT2D eigenvalue weighted by Gasteiger charge is -2.46. The van der Waals surface area contributed by atoms with Gasteiger partial charge in [0, 0.05) is 60.9 Å². The molecule has 83 heavy (non-hydrogen) atoms. The number of carbonyl (C=O) groups is 2. The number of methoxy groups -OCH3 is 1. The number of carbonyl (C=O) groups excluding carboxylic acids is 2. The highest BCUT2D eigenvalue weighted by Gasteiger charge is 2.50. The van der Waals surface area contributed by atoms with E-state index < -0.39 is 53.0 Å². The molecule has 434 valence electrons. The highest BCUT2D eigenvalue weighted by Crippen LogP contribution is 2.51. The third-order valence-corrected chi connectivity index (χ3v) is 19.3. The zero-order chi connectivity index (χ0) is 57.6. The van der Waals surface area contributed by atoms with Crippen molar-refractivity contribution in [3.8, 4) is 23.3 Å². The second-order valence-corrected chi connectivity index (χ2v) is 25.0. The quantitative estimate of drug-likeness (QED) is 0.0592. The van der Waals surface area contributed by atoms with Gasteiger partial charge in [0.15, 0.2) is 29.2 Å². The summed E-state index contributed by atoms with van der Waals surface area (Å²) < 4.78 is 5.57. The number of aromatic nitrogens is 1. The molecule has 3 heterocycles. The molecule has 1 spiro atoms. The molecule has 0 amide bonds. The Morgan fingerprint density at radius 3 is 2.37 bits per heavy atom. The van der Waals surface area contributed by atoms with E-state index in [0.717, 1.165) is 125 Å². The number of ether oxygens (including phenoxy) is 1. The first-order chi connectivity index (χ1) is 40.4. The van der Waals surface area contributed by atoms with Crippen molar-refractivity contribution in [2.75, 3.05) is 32.1 Å². The van der Waals surface area contributed by atoms with E-state index >= 15 is 4.79 Å². The number of aromatic amines is 1. The Bertz CT molecular complexity index is 3390. The molecule has 3 aliphatic carbocycles. The van der Waals surface area contributed by atoms with Gasteiger partial charge in [-0.05, 0) is 180 Å². The number of benzene rings is 5. The highest BCUT2D eigenvalue weighted by atomic mass is 16.5. The third-order valence-electron chi connectivity index (χ3n) is 19.3. The van der Waals surface area contributed by atoms with Gasteiger partial charge in [0.25, 0.3) is 0 Å². The first-order valence-electron chi connectivity index (χ1n) is 30.8. The number of phenols is 1. The van der Waals surface area contributed by atoms with Gasteiger partial charge in [-0.1, -0.05) is 136 Å². The number of aryl methyl sites for hydroxylation is 1. The molecule has 9 bridgehead atoms. The Kier molecular flexibility index (Phi) is 18.1. The lowest BCUT2D eigenvalue weighted by atomic mass is 9.61. The van der Waals surface area contributed by atoms with Crippen molar-refractivity contribution < 1.29 is 34.8 Å². The maximum atomic E-state index is 15.4. The predicted octanol–water partition coefficient (Wildman–Crippen LogP) is 11.9. The van der Waals surface area contributed by atoms with Gasteiger partial charge in [0.1, 0.15) is 5.82 Å². The van der Waals surface area contributed by atoms with Crippen LogP contribution in [-0.2, 0) is 34.3 Å². The molecule has 6 aromatic rings. The topological polar surface area (TPSA) is 176 Å². The smallest absolute Gasteiger partial charge is 0.173 e. The number of hydrogen-bond acceptors (Lipinski definition) is 10. The summed E-state index contributed by atoms with van der Waals surface area (Å²) in [5.74, 6) is 5.50. The van der Waals surface area contributed by atoms with Gasteiger partial charge >= 0.3 is 0 Å². The molecule has 2 fully saturated rings. The molecule has 2 aliphatic heterocycles. The molecule has 11 heteroatoms. The number of hydrogen-bond donors (Lipinski definition) is 8. The van der Waals surface area contributed by atoms with Gasteiger partial charge in [0.05, 0.1) is 25.2 Å². The van der Waals surface area contributed by atoms with Crippen LogP contribution in [0.4, 0.5) is 5.69 Å². The monoisotopic (exact) mass is 1120 g/mol. The minimum Gasteiger partial charge on any atom is -0.504 e. The first kappa shape index (κ1) is 57.9. The average molecular weight is 1120 g/mol. The molecule has 11 rings (SSSR count). The van der Waals surface area contributed by atoms with E-state index in [1.54, 1.807) is 12.1 Å². The number of nitrogens with one attached hydrogen (secondary N) is 4. The first-order valence-corrected chi connectivity index (χ1v) is 30.8. The summed E-state index contributed by atoms with van der Waals surface area (Å²) >= 11 is 0. The van der Waals surface area contributed by atoms with Crippen molar-refractivity contribution >= 4 is 28.0 Å². The molecule has 2 saturated carbocycles. The third kappa shape index (κ3) is 12.9. The molecular weight excluding hydrogens is 1030 g/mol. The number of aromatic hydroxyl groups is 1. The lowest BCUT2D eigenvalue weighted by Crippen LogP contribution is -2.48. The average Bonchev–Trinajstić information content (AvgIpc) is 3.98. The minimum atomic E-state index is -1.84. The van der Waals surface area contributed by atoms with Crippen molar-refractivity contribution in [2.45, 2.75) is 146 Å². The Labute approximate surface area is 490 Å². The molecule has 8 N–H and O–H groups in total. The van der Waals surface area contributed by atoms with Crippen molar-refractivity contribution in [1.29, 1.82) is 0 Å². The van der Waals surface area contributed by atoms with Crippen LogP contribution < -0.4 is 20.7 Å². The highest BCUT2D eigenvalue weighted by molar-refractivity contribution is 6.06. The number of anilines is 1. The van der Waals surface area contributed by atoms with E-state index in [0.29, 0.717) is 45.3 Å². The van der Waals surface area contributed by atoms with E-state index in [4.69, 9.17) is 4.74 Å². The zero-order valence-electron chi connectivity index (χ0n) is 48.6. The lowest BCUT2D eigenvalue weighted by molar-refractivity contribution is -0.142. The fraction of sp³-hybridized carbons (Fsp3) is 0.444. The number of β-amino-alcohol motifs (C(OH)–C–C–N with tert-alkyl or cyclic N) is 1.